The van der Waals surface area contributed by atoms with Crippen LogP contribution in [0.5, 0.6) is 0 Å². The molecule has 0 unspecified atom stereocenters. The molecule has 0 aromatic heterocycles. The zero-order valence-corrected chi connectivity index (χ0v) is 10.6. The van der Waals surface area contributed by atoms with E-state index in [0.29, 0.717) is 6.04 Å². The van der Waals surface area contributed by atoms with Gasteiger partial charge in [-0.2, -0.15) is 0 Å². The van der Waals surface area contributed by atoms with Crippen LogP contribution in [0.2, 0.25) is 0 Å². The Morgan fingerprint density at radius 2 is 1.76 bits per heavy atom. The van der Waals surface area contributed by atoms with Crippen LogP contribution < -0.4 is 11.1 Å². The van der Waals surface area contributed by atoms with Gasteiger partial charge in [-0.3, -0.25) is 14.5 Å². The monoisotopic (exact) mass is 241 g/mol. The molecular weight excluding hydrogens is 218 g/mol. The van der Waals surface area contributed by atoms with Crippen LogP contribution in [0.25, 0.3) is 0 Å². The van der Waals surface area contributed by atoms with Crippen LogP contribution in [-0.4, -0.2) is 42.9 Å². The molecule has 0 bridgehead atoms. The molecule has 98 valence electrons. The van der Waals surface area contributed by atoms with Crippen molar-refractivity contribution in [2.24, 2.45) is 5.73 Å². The fraction of sp³-hybridized carbons (Fsp3) is 0.833. The average Bonchev–Trinajstić information content (AvgIpc) is 2.44. The number of rotatable bonds is 5. The number of likely N-dealkylation sites (N-methyl/N-ethyl adjacent to an activating group) is 1. The number of amides is 2. The number of primary amides is 1. The fourth-order valence-corrected chi connectivity index (χ4v) is 2.26. The molecule has 0 aromatic carbocycles. The van der Waals surface area contributed by atoms with E-state index in [2.05, 4.69) is 5.32 Å². The third-order valence-corrected chi connectivity index (χ3v) is 3.06. The van der Waals surface area contributed by atoms with E-state index in [0.717, 1.165) is 12.8 Å². The summed E-state index contributed by atoms with van der Waals surface area (Å²) in [6.07, 6.45) is 7.09. The van der Waals surface area contributed by atoms with Crippen molar-refractivity contribution in [1.29, 1.82) is 0 Å². The highest BCUT2D eigenvalue weighted by Crippen LogP contribution is 2.16. The molecule has 17 heavy (non-hydrogen) atoms. The first-order valence-corrected chi connectivity index (χ1v) is 6.34. The van der Waals surface area contributed by atoms with E-state index in [-0.39, 0.29) is 19.0 Å². The van der Waals surface area contributed by atoms with Crippen LogP contribution >= 0.6 is 0 Å². The minimum Gasteiger partial charge on any atom is -0.369 e. The van der Waals surface area contributed by atoms with Gasteiger partial charge < -0.3 is 11.1 Å². The lowest BCUT2D eigenvalue weighted by Crippen LogP contribution is -2.42. The van der Waals surface area contributed by atoms with Crippen molar-refractivity contribution >= 4 is 11.8 Å². The highest BCUT2D eigenvalue weighted by atomic mass is 16.2. The predicted octanol–water partition coefficient (Wildman–Crippen LogP) is 0.242. The third kappa shape index (κ3) is 6.26. The van der Waals surface area contributed by atoms with E-state index in [4.69, 9.17) is 5.73 Å². The molecule has 1 aliphatic carbocycles. The number of hydrogen-bond donors (Lipinski definition) is 2. The zero-order chi connectivity index (χ0) is 12.7. The lowest BCUT2D eigenvalue weighted by atomic mass is 10.1. The first-order valence-electron chi connectivity index (χ1n) is 6.34. The summed E-state index contributed by atoms with van der Waals surface area (Å²) in [5, 5.41) is 3.03. The molecule has 0 spiro atoms. The van der Waals surface area contributed by atoms with Crippen LogP contribution in [0.1, 0.15) is 38.5 Å². The molecule has 0 heterocycles. The van der Waals surface area contributed by atoms with Gasteiger partial charge in [0.2, 0.25) is 11.8 Å². The molecule has 0 saturated heterocycles. The largest absolute Gasteiger partial charge is 0.369 e. The van der Waals surface area contributed by atoms with Crippen LogP contribution in [0.4, 0.5) is 0 Å². The summed E-state index contributed by atoms with van der Waals surface area (Å²) in [5.41, 5.74) is 5.06. The summed E-state index contributed by atoms with van der Waals surface area (Å²) in [5.74, 6) is -0.421. The molecule has 1 aliphatic rings. The van der Waals surface area contributed by atoms with Crippen molar-refractivity contribution in [3.63, 3.8) is 0 Å². The van der Waals surface area contributed by atoms with E-state index in [1.807, 2.05) is 0 Å². The van der Waals surface area contributed by atoms with Crippen molar-refractivity contribution in [2.45, 2.75) is 44.6 Å². The average molecular weight is 241 g/mol. The molecule has 2 amide bonds. The zero-order valence-electron chi connectivity index (χ0n) is 10.6. The van der Waals surface area contributed by atoms with Gasteiger partial charge in [-0.05, 0) is 19.9 Å². The summed E-state index contributed by atoms with van der Waals surface area (Å²) in [7, 11) is 1.72. The summed E-state index contributed by atoms with van der Waals surface area (Å²) in [6.45, 7) is 0.359. The van der Waals surface area contributed by atoms with Gasteiger partial charge >= 0.3 is 0 Å². The van der Waals surface area contributed by atoms with Crippen molar-refractivity contribution in [1.82, 2.24) is 10.2 Å². The molecule has 1 saturated carbocycles. The SMILES string of the molecule is CN(CC(N)=O)CC(=O)NC1CCCCCC1. The van der Waals surface area contributed by atoms with Gasteiger partial charge in [-0.25, -0.2) is 0 Å². The smallest absolute Gasteiger partial charge is 0.234 e. The second-order valence-electron chi connectivity index (χ2n) is 4.89. The van der Waals surface area contributed by atoms with Gasteiger partial charge in [-0.15, -0.1) is 0 Å². The van der Waals surface area contributed by atoms with Gasteiger partial charge in [0.05, 0.1) is 13.1 Å². The van der Waals surface area contributed by atoms with Crippen LogP contribution in [-0.2, 0) is 9.59 Å². The molecule has 0 radical (unpaired) electrons. The van der Waals surface area contributed by atoms with E-state index >= 15 is 0 Å². The first-order chi connectivity index (χ1) is 8.08. The fourth-order valence-electron chi connectivity index (χ4n) is 2.26. The van der Waals surface area contributed by atoms with Gasteiger partial charge in [0, 0.05) is 6.04 Å². The van der Waals surface area contributed by atoms with Crippen molar-refractivity contribution < 1.29 is 9.59 Å². The number of carbonyl (C=O) groups is 2. The molecule has 1 rings (SSSR count). The summed E-state index contributed by atoms with van der Waals surface area (Å²) in [6, 6.07) is 0.312. The van der Waals surface area contributed by atoms with Gasteiger partial charge in [0.1, 0.15) is 0 Å². The highest BCUT2D eigenvalue weighted by molar-refractivity contribution is 5.80. The molecule has 0 aromatic rings. The summed E-state index contributed by atoms with van der Waals surface area (Å²) in [4.78, 5) is 24.0. The van der Waals surface area contributed by atoms with Crippen LogP contribution in [0.15, 0.2) is 0 Å². The lowest BCUT2D eigenvalue weighted by molar-refractivity contribution is -0.124. The van der Waals surface area contributed by atoms with Crippen molar-refractivity contribution in [3.05, 3.63) is 0 Å². The second-order valence-corrected chi connectivity index (χ2v) is 4.89. The first kappa shape index (κ1) is 14.0. The number of carbonyl (C=O) groups excluding carboxylic acids is 2. The van der Waals surface area contributed by atoms with Gasteiger partial charge in [0.15, 0.2) is 0 Å². The predicted molar refractivity (Wildman–Crippen MR) is 66.3 cm³/mol. The Morgan fingerprint density at radius 3 is 2.29 bits per heavy atom. The van der Waals surface area contributed by atoms with Crippen molar-refractivity contribution in [3.8, 4) is 0 Å². The van der Waals surface area contributed by atoms with E-state index in [1.54, 1.807) is 11.9 Å². The summed E-state index contributed by atoms with van der Waals surface area (Å²) >= 11 is 0. The Bertz CT molecular complexity index is 260. The van der Waals surface area contributed by atoms with E-state index < -0.39 is 5.91 Å². The lowest BCUT2D eigenvalue weighted by Gasteiger charge is -2.19. The second kappa shape index (κ2) is 7.27. The van der Waals surface area contributed by atoms with Gasteiger partial charge in [-0.1, -0.05) is 25.7 Å². The Balaban J connectivity index is 2.25. The Labute approximate surface area is 103 Å². The van der Waals surface area contributed by atoms with Gasteiger partial charge in [0.25, 0.3) is 0 Å². The maximum Gasteiger partial charge on any atom is 0.234 e. The maximum atomic E-state index is 11.7. The minimum absolute atomic E-state index is 0.0133. The molecule has 5 heteroatoms. The highest BCUT2D eigenvalue weighted by Gasteiger charge is 2.15. The summed E-state index contributed by atoms with van der Waals surface area (Å²) < 4.78 is 0. The molecule has 0 aliphatic heterocycles. The quantitative estimate of drug-likeness (QED) is 0.677. The molecule has 1 fully saturated rings. The topological polar surface area (TPSA) is 75.4 Å². The number of nitrogens with one attached hydrogen (secondary N) is 1. The normalized spacial score (nSPS) is 17.8. The molecule has 3 N–H and O–H groups in total. The molecule has 0 atom stereocenters. The Kier molecular flexibility index (Phi) is 5.97. The molecule has 5 nitrogen and oxygen atoms in total. The number of nitrogens with zero attached hydrogens (tertiary/aromatic N) is 1. The third-order valence-electron chi connectivity index (χ3n) is 3.06. The Morgan fingerprint density at radius 1 is 1.18 bits per heavy atom. The maximum absolute atomic E-state index is 11.7. The number of nitrogens with two attached hydrogens (primary N) is 1. The molecular formula is C12H23N3O2. The number of hydrogen-bond acceptors (Lipinski definition) is 3. The van der Waals surface area contributed by atoms with Crippen LogP contribution in [0, 0.1) is 0 Å². The van der Waals surface area contributed by atoms with E-state index in [9.17, 15) is 9.59 Å². The van der Waals surface area contributed by atoms with Crippen molar-refractivity contribution in [2.75, 3.05) is 20.1 Å². The van der Waals surface area contributed by atoms with E-state index in [1.165, 1.54) is 25.7 Å². The Hall–Kier alpha value is -1.10. The standard InChI is InChI=1S/C12H23N3O2/c1-15(8-11(13)16)9-12(17)14-10-6-4-2-3-5-7-10/h10H,2-9H2,1H3,(H2,13,16)(H,14,17). The minimum atomic E-state index is -0.408. The van der Waals surface area contributed by atoms with Crippen LogP contribution in [0.3, 0.4) is 0 Å².